The number of halogens is 1. The van der Waals surface area contributed by atoms with Gasteiger partial charge in [0.05, 0.1) is 18.3 Å². The molecular formula is C19H22BFN2O3. The molecule has 1 aromatic carbocycles. The molecule has 5 nitrogen and oxygen atoms in total. The third-order valence-electron chi connectivity index (χ3n) is 4.84. The molecule has 1 aliphatic rings. The van der Waals surface area contributed by atoms with Gasteiger partial charge < -0.3 is 14.0 Å². The van der Waals surface area contributed by atoms with E-state index in [0.717, 1.165) is 16.9 Å². The predicted octanol–water partition coefficient (Wildman–Crippen LogP) is 4.09. The highest BCUT2D eigenvalue weighted by Crippen LogP contribution is 2.38. The first-order valence-corrected chi connectivity index (χ1v) is 8.41. The van der Waals surface area contributed by atoms with Gasteiger partial charge in [-0.1, -0.05) is 12.1 Å². The summed E-state index contributed by atoms with van der Waals surface area (Å²) < 4.78 is 31.0. The standard InChI is InChI=1S/C19H22BFN2O3/c1-18(2)19(3,4)26-20(25-18)16(21)10-17-22-11-14(12-23-17)13-6-8-15(24-5)9-7-13/h6-12H,1-5H3. The molecule has 2 aromatic rings. The largest absolute Gasteiger partial charge is 0.525 e. The molecule has 0 saturated carbocycles. The van der Waals surface area contributed by atoms with E-state index in [1.54, 1.807) is 19.5 Å². The molecule has 1 aliphatic heterocycles. The van der Waals surface area contributed by atoms with Crippen molar-refractivity contribution in [3.63, 3.8) is 0 Å². The van der Waals surface area contributed by atoms with E-state index in [1.165, 1.54) is 6.08 Å². The second-order valence-electron chi connectivity index (χ2n) is 7.18. The van der Waals surface area contributed by atoms with Crippen LogP contribution in [0.3, 0.4) is 0 Å². The van der Waals surface area contributed by atoms with Gasteiger partial charge in [0.15, 0.2) is 5.82 Å². The molecular weight excluding hydrogens is 334 g/mol. The Kier molecular flexibility index (Phi) is 4.86. The molecule has 0 unspecified atom stereocenters. The highest BCUT2D eigenvalue weighted by Gasteiger charge is 2.53. The van der Waals surface area contributed by atoms with Crippen LogP contribution in [0.2, 0.25) is 0 Å². The lowest BCUT2D eigenvalue weighted by Gasteiger charge is -2.32. The lowest BCUT2D eigenvalue weighted by molar-refractivity contribution is 0.00578. The molecule has 136 valence electrons. The first-order valence-electron chi connectivity index (χ1n) is 8.41. The number of nitrogens with zero attached hydrogens (tertiary/aromatic N) is 2. The second kappa shape index (κ2) is 6.81. The van der Waals surface area contributed by atoms with Crippen LogP contribution in [0.25, 0.3) is 17.2 Å². The summed E-state index contributed by atoms with van der Waals surface area (Å²) in [5, 5.41) is 0. The van der Waals surface area contributed by atoms with Crippen LogP contribution in [0.4, 0.5) is 4.39 Å². The fraction of sp³-hybridized carbons (Fsp3) is 0.368. The van der Waals surface area contributed by atoms with Crippen LogP contribution in [0.15, 0.2) is 42.4 Å². The molecule has 1 saturated heterocycles. The molecule has 0 N–H and O–H groups in total. The van der Waals surface area contributed by atoms with Gasteiger partial charge in [-0.2, -0.15) is 0 Å². The van der Waals surface area contributed by atoms with E-state index in [9.17, 15) is 4.39 Å². The van der Waals surface area contributed by atoms with Gasteiger partial charge in [0.2, 0.25) is 0 Å². The molecule has 1 fully saturated rings. The Morgan fingerprint density at radius 2 is 1.54 bits per heavy atom. The Balaban J connectivity index is 1.75. The molecule has 0 bridgehead atoms. The zero-order valence-electron chi connectivity index (χ0n) is 15.6. The normalized spacial score (nSPS) is 18.8. The summed E-state index contributed by atoms with van der Waals surface area (Å²) in [6.45, 7) is 7.50. The molecule has 3 rings (SSSR count). The van der Waals surface area contributed by atoms with Crippen LogP contribution in [-0.2, 0) is 9.31 Å². The Hall–Kier alpha value is -2.25. The van der Waals surface area contributed by atoms with Crippen molar-refractivity contribution in [3.8, 4) is 16.9 Å². The number of ether oxygens (including phenoxy) is 1. The first kappa shape index (κ1) is 18.5. The number of rotatable bonds is 4. The smallest absolute Gasteiger partial charge is 0.497 e. The van der Waals surface area contributed by atoms with Crippen molar-refractivity contribution < 1.29 is 18.4 Å². The fourth-order valence-corrected chi connectivity index (χ4v) is 2.49. The van der Waals surface area contributed by atoms with Crippen LogP contribution in [0, 0.1) is 0 Å². The van der Waals surface area contributed by atoms with Gasteiger partial charge in [-0.3, -0.25) is 0 Å². The summed E-state index contributed by atoms with van der Waals surface area (Å²) in [6.07, 6.45) is 4.54. The van der Waals surface area contributed by atoms with Crippen molar-refractivity contribution in [2.45, 2.75) is 38.9 Å². The lowest BCUT2D eigenvalue weighted by Crippen LogP contribution is -2.41. The first-order chi connectivity index (χ1) is 12.2. The van der Waals surface area contributed by atoms with E-state index in [4.69, 9.17) is 14.0 Å². The monoisotopic (exact) mass is 356 g/mol. The Bertz CT molecular complexity index is 789. The highest BCUT2D eigenvalue weighted by atomic mass is 19.1. The van der Waals surface area contributed by atoms with Crippen molar-refractivity contribution in [1.29, 1.82) is 0 Å². The summed E-state index contributed by atoms with van der Waals surface area (Å²) in [6, 6.07) is 7.55. The van der Waals surface area contributed by atoms with Crippen LogP contribution in [0.1, 0.15) is 33.5 Å². The number of aromatic nitrogens is 2. The van der Waals surface area contributed by atoms with E-state index in [-0.39, 0.29) is 5.82 Å². The molecule has 0 spiro atoms. The maximum atomic E-state index is 14.5. The zero-order chi connectivity index (χ0) is 18.9. The minimum absolute atomic E-state index is 0.259. The van der Waals surface area contributed by atoms with Gasteiger partial charge in [0, 0.05) is 24.0 Å². The number of hydrogen-bond acceptors (Lipinski definition) is 5. The van der Waals surface area contributed by atoms with E-state index in [1.807, 2.05) is 52.0 Å². The summed E-state index contributed by atoms with van der Waals surface area (Å²) in [7, 11) is 0.568. The zero-order valence-corrected chi connectivity index (χ0v) is 15.6. The van der Waals surface area contributed by atoms with Gasteiger partial charge >= 0.3 is 7.12 Å². The van der Waals surface area contributed by atoms with Gasteiger partial charge in [0.1, 0.15) is 11.5 Å². The van der Waals surface area contributed by atoms with Gasteiger partial charge in [0.25, 0.3) is 0 Å². The Morgan fingerprint density at radius 1 is 1.00 bits per heavy atom. The molecule has 2 heterocycles. The summed E-state index contributed by atoms with van der Waals surface area (Å²) in [5.41, 5.74) is 0.0404. The van der Waals surface area contributed by atoms with Crippen LogP contribution in [0.5, 0.6) is 5.75 Å². The lowest BCUT2D eigenvalue weighted by atomic mass is 9.87. The van der Waals surface area contributed by atoms with Gasteiger partial charge in [-0.05, 0) is 45.4 Å². The average Bonchev–Trinajstić information content (AvgIpc) is 2.83. The summed E-state index contributed by atoms with van der Waals surface area (Å²) in [5.74, 6) is 1.04. The SMILES string of the molecule is COc1ccc(-c2cnc(C=C(F)B3OC(C)(C)C(C)(C)O3)nc2)cc1. The predicted molar refractivity (Wildman–Crippen MR) is 99.2 cm³/mol. The number of benzene rings is 1. The molecule has 0 amide bonds. The third-order valence-corrected chi connectivity index (χ3v) is 4.84. The van der Waals surface area contributed by atoms with E-state index < -0.39 is 24.0 Å². The summed E-state index contributed by atoms with van der Waals surface area (Å²) >= 11 is 0. The molecule has 0 aliphatic carbocycles. The van der Waals surface area contributed by atoms with Crippen LogP contribution < -0.4 is 4.74 Å². The van der Waals surface area contributed by atoms with Crippen molar-refractivity contribution in [3.05, 3.63) is 48.2 Å². The number of methoxy groups -OCH3 is 1. The molecule has 7 heteroatoms. The number of hydrogen-bond donors (Lipinski definition) is 0. The molecule has 1 aromatic heterocycles. The molecule has 26 heavy (non-hydrogen) atoms. The maximum Gasteiger partial charge on any atom is 0.525 e. The van der Waals surface area contributed by atoms with E-state index >= 15 is 0 Å². The Morgan fingerprint density at radius 3 is 2.04 bits per heavy atom. The fourth-order valence-electron chi connectivity index (χ4n) is 2.49. The molecule has 0 radical (unpaired) electrons. The summed E-state index contributed by atoms with van der Waals surface area (Å²) in [4.78, 5) is 8.42. The third kappa shape index (κ3) is 3.64. The minimum atomic E-state index is -1.05. The Labute approximate surface area is 153 Å². The van der Waals surface area contributed by atoms with Crippen molar-refractivity contribution in [2.75, 3.05) is 7.11 Å². The van der Waals surface area contributed by atoms with Gasteiger partial charge in [-0.15, -0.1) is 0 Å². The van der Waals surface area contributed by atoms with Crippen molar-refractivity contribution in [1.82, 2.24) is 9.97 Å². The van der Waals surface area contributed by atoms with E-state index in [2.05, 4.69) is 9.97 Å². The highest BCUT2D eigenvalue weighted by molar-refractivity contribution is 6.54. The van der Waals surface area contributed by atoms with Crippen LogP contribution in [-0.4, -0.2) is 35.4 Å². The minimum Gasteiger partial charge on any atom is -0.497 e. The van der Waals surface area contributed by atoms with Gasteiger partial charge in [-0.25, -0.2) is 14.4 Å². The average molecular weight is 356 g/mol. The van der Waals surface area contributed by atoms with Crippen molar-refractivity contribution in [2.24, 2.45) is 0 Å². The van der Waals surface area contributed by atoms with E-state index in [0.29, 0.717) is 0 Å². The van der Waals surface area contributed by atoms with Crippen molar-refractivity contribution >= 4 is 13.2 Å². The second-order valence-corrected chi connectivity index (χ2v) is 7.18. The molecule has 0 atom stereocenters. The topological polar surface area (TPSA) is 53.5 Å². The quantitative estimate of drug-likeness (QED) is 0.773. The maximum absolute atomic E-state index is 14.5. The van der Waals surface area contributed by atoms with Crippen LogP contribution >= 0.6 is 0 Å².